The molecule has 1 aliphatic rings. The van der Waals surface area contributed by atoms with Crippen LogP contribution in [0.4, 0.5) is 26.3 Å². The Balaban J connectivity index is -0.0000000967. The molecule has 17 heteroatoms. The first-order valence-electron chi connectivity index (χ1n) is 11.1. The number of ketones is 1. The van der Waals surface area contributed by atoms with Crippen LogP contribution in [0, 0.1) is 5.92 Å². The van der Waals surface area contributed by atoms with E-state index in [2.05, 4.69) is 14.2 Å². The predicted molar refractivity (Wildman–Crippen MR) is 154 cm³/mol. The van der Waals surface area contributed by atoms with E-state index in [1.807, 2.05) is 12.1 Å². The fourth-order valence-corrected chi connectivity index (χ4v) is 2.94. The van der Waals surface area contributed by atoms with Crippen molar-refractivity contribution in [2.24, 2.45) is 5.92 Å². The molecule has 0 bridgehead atoms. The molecular formula is C29H32CaF6O9Pd. The van der Waals surface area contributed by atoms with E-state index in [0.29, 0.717) is 23.1 Å². The van der Waals surface area contributed by atoms with Crippen LogP contribution >= 0.6 is 0 Å². The molecule has 0 N–H and O–H groups in total. The predicted octanol–water partition coefficient (Wildman–Crippen LogP) is 5.30. The van der Waals surface area contributed by atoms with Gasteiger partial charge in [-0.25, -0.2) is 35.9 Å². The monoisotopic (exact) mass is 784 g/mol. The van der Waals surface area contributed by atoms with E-state index in [0.717, 1.165) is 5.56 Å². The maximum Gasteiger partial charge on any atom is 2.00 e. The third-order valence-electron chi connectivity index (χ3n) is 4.71. The molecular weight excluding hydrogens is 753 g/mol. The van der Waals surface area contributed by atoms with E-state index in [-0.39, 0.29) is 94.2 Å². The normalized spacial score (nSPS) is 12.3. The summed E-state index contributed by atoms with van der Waals surface area (Å²) in [6.45, 7) is 0. The fraction of sp³-hybridized carbons (Fsp3) is 0.310. The fourth-order valence-electron chi connectivity index (χ4n) is 2.94. The van der Waals surface area contributed by atoms with Crippen LogP contribution in [0.1, 0.15) is 49.5 Å². The topological polar surface area (TPSA) is 130 Å². The summed E-state index contributed by atoms with van der Waals surface area (Å²) >= 11 is 0. The van der Waals surface area contributed by atoms with Gasteiger partial charge in [0, 0.05) is 11.6 Å². The van der Waals surface area contributed by atoms with Gasteiger partial charge in [0.1, 0.15) is 5.92 Å². The minimum absolute atomic E-state index is 0. The van der Waals surface area contributed by atoms with Crippen molar-refractivity contribution in [1.82, 2.24) is 0 Å². The van der Waals surface area contributed by atoms with Gasteiger partial charge in [-0.15, -0.1) is 0 Å². The summed E-state index contributed by atoms with van der Waals surface area (Å²) in [4.78, 5) is 62.4. The van der Waals surface area contributed by atoms with Crippen LogP contribution < -0.4 is 0 Å². The Labute approximate surface area is 308 Å². The van der Waals surface area contributed by atoms with Gasteiger partial charge in [-0.3, -0.25) is 9.59 Å². The van der Waals surface area contributed by atoms with E-state index in [1.54, 1.807) is 36.4 Å². The number of carbonyl (C=O) groups excluding carboxylic acids is 6. The van der Waals surface area contributed by atoms with Crippen LogP contribution in [0.3, 0.4) is 0 Å². The number of methoxy groups -OCH3 is 3. The molecule has 9 nitrogen and oxygen atoms in total. The van der Waals surface area contributed by atoms with Crippen LogP contribution in [0.2, 0.25) is 0 Å². The zero-order chi connectivity index (χ0) is 32.5. The first kappa shape index (κ1) is 52.6. The van der Waals surface area contributed by atoms with Crippen LogP contribution in [0.5, 0.6) is 0 Å². The van der Waals surface area contributed by atoms with E-state index in [1.165, 1.54) is 33.5 Å². The zero-order valence-electron chi connectivity index (χ0n) is 25.0. The Morgan fingerprint density at radius 1 is 0.826 bits per heavy atom. The summed E-state index contributed by atoms with van der Waals surface area (Å²) in [6, 6.07) is 14.1. The molecule has 256 valence electrons. The summed E-state index contributed by atoms with van der Waals surface area (Å²) in [5.74, 6) is -2.10. The maximum atomic E-state index is 11.7. The Morgan fingerprint density at radius 2 is 1.28 bits per heavy atom. The molecule has 3 rings (SSSR count). The van der Waals surface area contributed by atoms with Gasteiger partial charge < -0.3 is 26.7 Å². The van der Waals surface area contributed by atoms with Gasteiger partial charge in [-0.2, -0.15) is 12.6 Å². The number of benzene rings is 2. The Morgan fingerprint density at radius 3 is 1.70 bits per heavy atom. The van der Waals surface area contributed by atoms with Gasteiger partial charge in [-0.05, 0) is 29.7 Å². The van der Waals surface area contributed by atoms with Gasteiger partial charge in [-0.1, -0.05) is 57.3 Å². The average molecular weight is 785 g/mol. The molecule has 2 aromatic carbocycles. The molecule has 0 radical (unpaired) electrons. The third kappa shape index (κ3) is 21.0. The second-order valence-corrected chi connectivity index (χ2v) is 7.44. The standard InChI is InChI=1S/C12H12O4.C11H10O3.2C2F3O.2CH4.Ca.Pd.2H/c1-15-11(13)8-7-9-5-3-4-6-10(9)12(14)16-2;1-14-11(13)9-6-7-4-2-3-5-8(7)10(9)12;2*3-2(4,5)1-6;;;;;;/h3-8H,1-2H3;2-5,9H,6H2,1H3;;;2*1H4;;;;/q;;2*-1;;;2*+2;2*-1/b8-7+;;;;;;;;;. The number of ether oxygens (including phenoxy) is 3. The SMILES string of the molecule is C.C.COC(=O)/C=C/c1ccccc1C(=O)OC.COC(=O)C1Cc2ccccc2C1=O.O=[C-]C(F)(F)F.O=[C-]C(F)(F)F.[Ca+2].[H-].[H-].[Pd+2]. The largest absolute Gasteiger partial charge is 2.00 e. The molecule has 0 saturated carbocycles. The van der Waals surface area contributed by atoms with Gasteiger partial charge in [0.25, 0.3) is 12.4 Å². The number of fused-ring (bicyclic) bond motifs is 1. The van der Waals surface area contributed by atoms with Gasteiger partial charge in [0.05, 0.1) is 26.9 Å². The summed E-state index contributed by atoms with van der Waals surface area (Å²) < 4.78 is 75.8. The molecule has 0 heterocycles. The number of Topliss-reactive ketones (excluding diaryl/α,β-unsaturated/α-hetero) is 1. The zero-order valence-corrected chi connectivity index (χ0v) is 26.8. The summed E-state index contributed by atoms with van der Waals surface area (Å²) in [5.41, 5.74) is 2.61. The van der Waals surface area contributed by atoms with E-state index < -0.39 is 36.2 Å². The third-order valence-corrected chi connectivity index (χ3v) is 4.71. The Bertz CT molecular complexity index is 1280. The van der Waals surface area contributed by atoms with Crippen molar-refractivity contribution in [2.45, 2.75) is 33.6 Å². The number of halogens is 6. The molecule has 0 fully saturated rings. The molecule has 0 saturated heterocycles. The second-order valence-electron chi connectivity index (χ2n) is 7.44. The molecule has 0 amide bonds. The molecule has 0 spiro atoms. The molecule has 0 aliphatic heterocycles. The van der Waals surface area contributed by atoms with Gasteiger partial charge in [0.15, 0.2) is 5.78 Å². The molecule has 1 atom stereocenters. The molecule has 46 heavy (non-hydrogen) atoms. The second kappa shape index (κ2) is 26.2. The van der Waals surface area contributed by atoms with Gasteiger partial charge in [0.2, 0.25) is 0 Å². The van der Waals surface area contributed by atoms with Crippen LogP contribution in [-0.4, -0.2) is 108 Å². The number of esters is 3. The average Bonchev–Trinajstić information content (AvgIpc) is 3.31. The summed E-state index contributed by atoms with van der Waals surface area (Å²) in [5, 5.41) is 0. The number of hydrogen-bond acceptors (Lipinski definition) is 9. The maximum absolute atomic E-state index is 11.7. The molecule has 1 unspecified atom stereocenters. The number of carbonyl (C=O) groups is 4. The first-order valence-corrected chi connectivity index (χ1v) is 11.1. The Hall–Kier alpha value is -2.90. The minimum Gasteiger partial charge on any atom is -1.00 e. The van der Waals surface area contributed by atoms with Crippen molar-refractivity contribution in [3.05, 3.63) is 76.9 Å². The van der Waals surface area contributed by atoms with Crippen molar-refractivity contribution in [2.75, 3.05) is 21.3 Å². The minimum atomic E-state index is -4.76. The summed E-state index contributed by atoms with van der Waals surface area (Å²) in [6.07, 6.45) is -6.58. The quantitative estimate of drug-likeness (QED) is 0.0771. The van der Waals surface area contributed by atoms with Crippen molar-refractivity contribution in [1.29, 1.82) is 0 Å². The van der Waals surface area contributed by atoms with Gasteiger partial charge >= 0.3 is 76.1 Å². The van der Waals surface area contributed by atoms with E-state index in [9.17, 15) is 45.5 Å². The van der Waals surface area contributed by atoms with Crippen molar-refractivity contribution in [3.63, 3.8) is 0 Å². The number of hydrogen-bond donors (Lipinski definition) is 0. The molecule has 2 aromatic rings. The van der Waals surface area contributed by atoms with E-state index >= 15 is 0 Å². The van der Waals surface area contributed by atoms with Crippen molar-refractivity contribution < 1.29 is 92.6 Å². The van der Waals surface area contributed by atoms with Crippen molar-refractivity contribution in [3.8, 4) is 0 Å². The van der Waals surface area contributed by atoms with Crippen molar-refractivity contribution >= 4 is 80.1 Å². The molecule has 1 aliphatic carbocycles. The summed E-state index contributed by atoms with van der Waals surface area (Å²) in [7, 11) is 3.90. The van der Waals surface area contributed by atoms with Crippen LogP contribution in [0.15, 0.2) is 54.6 Å². The first-order chi connectivity index (χ1) is 19.5. The Kier molecular flexibility index (Phi) is 30.0. The van der Waals surface area contributed by atoms with E-state index in [4.69, 9.17) is 9.59 Å². The smallest absolute Gasteiger partial charge is 1.00 e. The van der Waals surface area contributed by atoms with Crippen LogP contribution in [-0.2, 0) is 60.2 Å². The number of rotatable bonds is 4. The number of alkyl halides is 6. The van der Waals surface area contributed by atoms with Crippen LogP contribution in [0.25, 0.3) is 6.08 Å². The molecule has 0 aromatic heterocycles.